The number of hydrogen-bond donors (Lipinski definition) is 2. The van der Waals surface area contributed by atoms with Crippen molar-refractivity contribution in [1.29, 1.82) is 0 Å². The molecule has 1 aromatic rings. The molecule has 2 rings (SSSR count). The van der Waals surface area contributed by atoms with Gasteiger partial charge >= 0.3 is 6.03 Å². The Morgan fingerprint density at radius 2 is 2.29 bits per heavy atom. The van der Waals surface area contributed by atoms with Crippen molar-refractivity contribution in [1.82, 2.24) is 20.5 Å². The molecule has 0 saturated carbocycles. The van der Waals surface area contributed by atoms with E-state index in [0.29, 0.717) is 19.6 Å². The Balaban J connectivity index is 1.81. The molecule has 6 heteroatoms. The van der Waals surface area contributed by atoms with Crippen molar-refractivity contribution in [3.63, 3.8) is 0 Å². The summed E-state index contributed by atoms with van der Waals surface area (Å²) in [6.07, 6.45) is 7.18. The highest BCUT2D eigenvalue weighted by molar-refractivity contribution is 5.81. The van der Waals surface area contributed by atoms with Gasteiger partial charge in [-0.25, -0.2) is 4.79 Å². The topological polar surface area (TPSA) is 74.3 Å². The van der Waals surface area contributed by atoms with E-state index in [4.69, 9.17) is 0 Å². The van der Waals surface area contributed by atoms with E-state index >= 15 is 0 Å². The first-order valence-corrected chi connectivity index (χ1v) is 8.82. The Morgan fingerprint density at radius 1 is 1.46 bits per heavy atom. The Morgan fingerprint density at radius 3 is 3.00 bits per heavy atom. The average molecular weight is 332 g/mol. The molecular weight excluding hydrogens is 304 g/mol. The zero-order chi connectivity index (χ0) is 17.4. The van der Waals surface area contributed by atoms with E-state index in [-0.39, 0.29) is 23.9 Å². The minimum atomic E-state index is -0.113. The maximum absolute atomic E-state index is 12.4. The molecule has 0 aliphatic carbocycles. The molecule has 24 heavy (non-hydrogen) atoms. The summed E-state index contributed by atoms with van der Waals surface area (Å²) < 4.78 is 0. The van der Waals surface area contributed by atoms with Crippen LogP contribution in [0.1, 0.15) is 45.1 Å². The third kappa shape index (κ3) is 5.51. The van der Waals surface area contributed by atoms with E-state index in [0.717, 1.165) is 31.2 Å². The predicted octanol–water partition coefficient (Wildman–Crippen LogP) is 2.31. The SMILES string of the molecule is CCCC(C)NC(=O)C1CCCN(C(=O)NCc2cccnc2)C1. The van der Waals surface area contributed by atoms with Crippen LogP contribution in [0.5, 0.6) is 0 Å². The maximum Gasteiger partial charge on any atom is 0.317 e. The van der Waals surface area contributed by atoms with E-state index in [1.807, 2.05) is 19.1 Å². The van der Waals surface area contributed by atoms with Gasteiger partial charge in [-0.2, -0.15) is 0 Å². The van der Waals surface area contributed by atoms with Gasteiger partial charge in [0.05, 0.1) is 5.92 Å². The number of urea groups is 1. The zero-order valence-corrected chi connectivity index (χ0v) is 14.6. The largest absolute Gasteiger partial charge is 0.353 e. The minimum Gasteiger partial charge on any atom is -0.353 e. The molecule has 0 spiro atoms. The summed E-state index contributed by atoms with van der Waals surface area (Å²) in [4.78, 5) is 30.5. The summed E-state index contributed by atoms with van der Waals surface area (Å²) in [7, 11) is 0. The molecule has 0 radical (unpaired) electrons. The van der Waals surface area contributed by atoms with Crippen LogP contribution in [0.25, 0.3) is 0 Å². The van der Waals surface area contributed by atoms with Crippen molar-refractivity contribution in [2.45, 2.75) is 52.1 Å². The normalized spacial score (nSPS) is 18.8. The van der Waals surface area contributed by atoms with E-state index < -0.39 is 0 Å². The van der Waals surface area contributed by atoms with Crippen LogP contribution in [0.4, 0.5) is 4.79 Å². The molecule has 0 aromatic carbocycles. The highest BCUT2D eigenvalue weighted by Gasteiger charge is 2.28. The van der Waals surface area contributed by atoms with Crippen molar-refractivity contribution < 1.29 is 9.59 Å². The Labute approximate surface area is 144 Å². The Bertz CT molecular complexity index is 535. The Hall–Kier alpha value is -2.11. The highest BCUT2D eigenvalue weighted by Crippen LogP contribution is 2.17. The number of hydrogen-bond acceptors (Lipinski definition) is 3. The molecule has 2 atom stereocenters. The van der Waals surface area contributed by atoms with Crippen LogP contribution in [0, 0.1) is 5.92 Å². The minimum absolute atomic E-state index is 0.0701. The van der Waals surface area contributed by atoms with Crippen LogP contribution in [-0.2, 0) is 11.3 Å². The molecule has 1 saturated heterocycles. The lowest BCUT2D eigenvalue weighted by Crippen LogP contribution is -2.49. The van der Waals surface area contributed by atoms with Gasteiger partial charge in [-0.3, -0.25) is 9.78 Å². The number of rotatable bonds is 6. The first kappa shape index (κ1) is 18.2. The first-order valence-electron chi connectivity index (χ1n) is 8.82. The molecule has 3 amide bonds. The van der Waals surface area contributed by atoms with Crippen LogP contribution in [0.2, 0.25) is 0 Å². The molecule has 2 N–H and O–H groups in total. The third-order valence-corrected chi connectivity index (χ3v) is 4.36. The van der Waals surface area contributed by atoms with Crippen molar-refractivity contribution in [3.8, 4) is 0 Å². The number of likely N-dealkylation sites (tertiary alicyclic amines) is 1. The van der Waals surface area contributed by atoms with Gasteiger partial charge in [0, 0.05) is 38.1 Å². The lowest BCUT2D eigenvalue weighted by Gasteiger charge is -2.32. The molecule has 2 unspecified atom stereocenters. The fourth-order valence-corrected chi connectivity index (χ4v) is 3.03. The summed E-state index contributed by atoms with van der Waals surface area (Å²) in [5.74, 6) is -0.0390. The molecule has 0 bridgehead atoms. The van der Waals surface area contributed by atoms with Crippen LogP contribution < -0.4 is 10.6 Å². The molecule has 1 aliphatic rings. The summed E-state index contributed by atoms with van der Waals surface area (Å²) in [6, 6.07) is 3.85. The van der Waals surface area contributed by atoms with Gasteiger partial charge in [0.15, 0.2) is 0 Å². The van der Waals surface area contributed by atoms with Crippen LogP contribution in [0.3, 0.4) is 0 Å². The fraction of sp³-hybridized carbons (Fsp3) is 0.611. The van der Waals surface area contributed by atoms with Gasteiger partial charge in [0.25, 0.3) is 0 Å². The number of aromatic nitrogens is 1. The van der Waals surface area contributed by atoms with E-state index in [9.17, 15) is 9.59 Å². The number of piperidine rings is 1. The summed E-state index contributed by atoms with van der Waals surface area (Å²) >= 11 is 0. The summed E-state index contributed by atoms with van der Waals surface area (Å²) in [6.45, 7) is 5.78. The second-order valence-corrected chi connectivity index (χ2v) is 6.50. The number of carbonyl (C=O) groups is 2. The molecule has 1 fully saturated rings. The maximum atomic E-state index is 12.4. The van der Waals surface area contributed by atoms with Gasteiger partial charge in [-0.15, -0.1) is 0 Å². The lowest BCUT2D eigenvalue weighted by atomic mass is 9.97. The number of nitrogens with one attached hydrogen (secondary N) is 2. The van der Waals surface area contributed by atoms with Crippen molar-refractivity contribution >= 4 is 11.9 Å². The van der Waals surface area contributed by atoms with Crippen LogP contribution >= 0.6 is 0 Å². The molecule has 2 heterocycles. The second kappa shape index (κ2) is 9.25. The summed E-state index contributed by atoms with van der Waals surface area (Å²) in [5, 5.41) is 5.97. The smallest absolute Gasteiger partial charge is 0.317 e. The van der Waals surface area contributed by atoms with Gasteiger partial charge in [-0.1, -0.05) is 19.4 Å². The van der Waals surface area contributed by atoms with Gasteiger partial charge in [0.1, 0.15) is 0 Å². The quantitative estimate of drug-likeness (QED) is 0.839. The van der Waals surface area contributed by atoms with Gasteiger partial charge in [-0.05, 0) is 37.8 Å². The standard InChI is InChI=1S/C18H28N4O2/c1-3-6-14(2)21-17(23)16-8-5-10-22(13-16)18(24)20-12-15-7-4-9-19-11-15/h4,7,9,11,14,16H,3,5-6,8,10,12-13H2,1-2H3,(H,20,24)(H,21,23). The third-order valence-electron chi connectivity index (χ3n) is 4.36. The van der Waals surface area contributed by atoms with Crippen molar-refractivity contribution in [2.24, 2.45) is 5.92 Å². The second-order valence-electron chi connectivity index (χ2n) is 6.50. The number of carbonyl (C=O) groups excluding carboxylic acids is 2. The van der Waals surface area contributed by atoms with E-state index in [1.54, 1.807) is 17.3 Å². The molecular formula is C18H28N4O2. The molecule has 1 aliphatic heterocycles. The zero-order valence-electron chi connectivity index (χ0n) is 14.6. The fourth-order valence-electron chi connectivity index (χ4n) is 3.03. The van der Waals surface area contributed by atoms with Crippen LogP contribution in [-0.4, -0.2) is 41.0 Å². The van der Waals surface area contributed by atoms with E-state index in [2.05, 4.69) is 22.5 Å². The predicted molar refractivity (Wildman–Crippen MR) is 93.3 cm³/mol. The number of pyridine rings is 1. The number of nitrogens with zero attached hydrogens (tertiary/aromatic N) is 2. The molecule has 132 valence electrons. The monoisotopic (exact) mass is 332 g/mol. The van der Waals surface area contributed by atoms with E-state index in [1.165, 1.54) is 0 Å². The molecule has 6 nitrogen and oxygen atoms in total. The van der Waals surface area contributed by atoms with Crippen molar-refractivity contribution in [2.75, 3.05) is 13.1 Å². The van der Waals surface area contributed by atoms with Crippen molar-refractivity contribution in [3.05, 3.63) is 30.1 Å². The van der Waals surface area contributed by atoms with Gasteiger partial charge < -0.3 is 15.5 Å². The van der Waals surface area contributed by atoms with Gasteiger partial charge in [0.2, 0.25) is 5.91 Å². The first-order chi connectivity index (χ1) is 11.6. The lowest BCUT2D eigenvalue weighted by molar-refractivity contribution is -0.126. The molecule has 1 aromatic heterocycles. The highest BCUT2D eigenvalue weighted by atomic mass is 16.2. The van der Waals surface area contributed by atoms with Crippen LogP contribution in [0.15, 0.2) is 24.5 Å². The Kier molecular flexibility index (Phi) is 7.03. The summed E-state index contributed by atoms with van der Waals surface area (Å²) in [5.41, 5.74) is 0.963. The number of amides is 3. The average Bonchev–Trinajstić information content (AvgIpc) is 2.61.